The van der Waals surface area contributed by atoms with Crippen molar-refractivity contribution in [2.45, 2.75) is 0 Å². The molecule has 0 fully saturated rings. The molecule has 0 aromatic carbocycles. The fraction of sp³-hybridized carbons (Fsp3) is 0. The highest BCUT2D eigenvalue weighted by molar-refractivity contribution is 5.58. The van der Waals surface area contributed by atoms with Crippen LogP contribution in [0.1, 0.15) is 5.56 Å². The van der Waals surface area contributed by atoms with Crippen LogP contribution in [-0.2, 0) is 0 Å². The van der Waals surface area contributed by atoms with Crippen molar-refractivity contribution in [3.05, 3.63) is 50.5 Å². The van der Waals surface area contributed by atoms with E-state index >= 15 is 0 Å². The van der Waals surface area contributed by atoms with E-state index in [0.29, 0.717) is 6.20 Å². The molecule has 0 saturated heterocycles. The Balaban J connectivity index is 3.07. The predicted octanol–water partition coefficient (Wildman–Crippen LogP) is 1.24. The van der Waals surface area contributed by atoms with E-state index in [4.69, 9.17) is 0 Å². The molecule has 0 unspecified atom stereocenters. The number of nitro groups is 2. The van der Waals surface area contributed by atoms with Crippen molar-refractivity contribution in [2.75, 3.05) is 0 Å². The topological polar surface area (TPSA) is 99.2 Å². The van der Waals surface area contributed by atoms with Crippen LogP contribution in [0.25, 0.3) is 6.08 Å². The maximum atomic E-state index is 10.4. The van der Waals surface area contributed by atoms with Crippen LogP contribution in [0.3, 0.4) is 0 Å². The third-order valence-corrected chi connectivity index (χ3v) is 1.40. The van der Waals surface area contributed by atoms with Crippen LogP contribution in [0.15, 0.2) is 24.7 Å². The number of nitrogens with zero attached hydrogens (tertiary/aromatic N) is 3. The van der Waals surface area contributed by atoms with Crippen molar-refractivity contribution < 1.29 is 9.85 Å². The van der Waals surface area contributed by atoms with E-state index < -0.39 is 9.85 Å². The Hall–Kier alpha value is -2.31. The van der Waals surface area contributed by atoms with E-state index in [1.165, 1.54) is 18.5 Å². The summed E-state index contributed by atoms with van der Waals surface area (Å²) in [5.41, 5.74) is -0.104. The fourth-order valence-electron chi connectivity index (χ4n) is 0.835. The lowest BCUT2D eigenvalue weighted by atomic mass is 10.2. The second kappa shape index (κ2) is 4.08. The molecule has 0 N–H and O–H groups in total. The van der Waals surface area contributed by atoms with Gasteiger partial charge in [-0.25, -0.2) is 0 Å². The van der Waals surface area contributed by atoms with Gasteiger partial charge < -0.3 is 0 Å². The van der Waals surface area contributed by atoms with Crippen LogP contribution in [0.5, 0.6) is 0 Å². The minimum atomic E-state index is -0.698. The molecule has 72 valence electrons. The summed E-state index contributed by atoms with van der Waals surface area (Å²) >= 11 is 0. The first-order chi connectivity index (χ1) is 6.61. The van der Waals surface area contributed by atoms with Crippen molar-refractivity contribution in [2.24, 2.45) is 0 Å². The van der Waals surface area contributed by atoms with E-state index in [1.807, 2.05) is 0 Å². The quantitative estimate of drug-likeness (QED) is 0.533. The summed E-state index contributed by atoms with van der Waals surface area (Å²) in [6.07, 6.45) is 4.11. The lowest BCUT2D eigenvalue weighted by molar-refractivity contribution is -0.401. The second-order valence-corrected chi connectivity index (χ2v) is 2.29. The zero-order valence-corrected chi connectivity index (χ0v) is 6.86. The molecule has 7 heteroatoms. The summed E-state index contributed by atoms with van der Waals surface area (Å²) in [6.45, 7) is 0. The third-order valence-electron chi connectivity index (χ3n) is 1.40. The average Bonchev–Trinajstić information content (AvgIpc) is 2.15. The van der Waals surface area contributed by atoms with E-state index in [0.717, 1.165) is 6.08 Å². The average molecular weight is 195 g/mol. The molecule has 0 spiro atoms. The monoisotopic (exact) mass is 195 g/mol. The highest BCUT2D eigenvalue weighted by Gasteiger charge is 2.10. The van der Waals surface area contributed by atoms with Gasteiger partial charge in [-0.2, -0.15) is 0 Å². The molecule has 0 amide bonds. The van der Waals surface area contributed by atoms with Gasteiger partial charge in [-0.05, 0) is 0 Å². The van der Waals surface area contributed by atoms with Gasteiger partial charge in [-0.3, -0.25) is 25.2 Å². The maximum Gasteiger partial charge on any atom is 0.279 e. The van der Waals surface area contributed by atoms with Gasteiger partial charge in [0, 0.05) is 24.5 Å². The van der Waals surface area contributed by atoms with Crippen LogP contribution in [-0.4, -0.2) is 14.8 Å². The van der Waals surface area contributed by atoms with Crippen molar-refractivity contribution in [3.8, 4) is 0 Å². The summed E-state index contributed by atoms with van der Waals surface area (Å²) in [5.74, 6) is 0. The molecule has 1 rings (SSSR count). The highest BCUT2D eigenvalue weighted by Crippen LogP contribution is 2.17. The fourth-order valence-corrected chi connectivity index (χ4v) is 0.835. The molecule has 0 saturated carbocycles. The molecule has 1 heterocycles. The number of rotatable bonds is 3. The van der Waals surface area contributed by atoms with Crippen molar-refractivity contribution in [3.63, 3.8) is 0 Å². The first kappa shape index (κ1) is 9.78. The number of aromatic nitrogens is 1. The second-order valence-electron chi connectivity index (χ2n) is 2.29. The minimum Gasteiger partial charge on any atom is -0.264 e. The Kier molecular flexibility index (Phi) is 2.85. The molecular formula is C7H5N3O4. The molecule has 14 heavy (non-hydrogen) atoms. The van der Waals surface area contributed by atoms with Crippen LogP contribution < -0.4 is 0 Å². The molecule has 0 aliphatic heterocycles. The smallest absolute Gasteiger partial charge is 0.264 e. The summed E-state index contributed by atoms with van der Waals surface area (Å²) in [7, 11) is 0. The minimum absolute atomic E-state index is 0.106. The lowest BCUT2D eigenvalue weighted by Crippen LogP contribution is -1.92. The van der Waals surface area contributed by atoms with Gasteiger partial charge in [0.15, 0.2) is 0 Å². The summed E-state index contributed by atoms with van der Waals surface area (Å²) in [4.78, 5) is 22.7. The standard InChI is InChI=1S/C7H5N3O4/c11-9(12)4-2-6-5-8-3-1-7(6)10(13)14/h1-5H. The van der Waals surface area contributed by atoms with Crippen LogP contribution >= 0.6 is 0 Å². The zero-order valence-electron chi connectivity index (χ0n) is 6.86. The molecule has 0 atom stereocenters. The first-order valence-electron chi connectivity index (χ1n) is 3.51. The number of hydrogen-bond donors (Lipinski definition) is 0. The lowest BCUT2D eigenvalue weighted by Gasteiger charge is -1.93. The molecule has 7 nitrogen and oxygen atoms in total. The van der Waals surface area contributed by atoms with Gasteiger partial charge in [0.05, 0.1) is 15.4 Å². The van der Waals surface area contributed by atoms with E-state index in [9.17, 15) is 20.2 Å². The van der Waals surface area contributed by atoms with E-state index in [1.54, 1.807) is 0 Å². The molecule has 0 radical (unpaired) electrons. The third kappa shape index (κ3) is 2.34. The summed E-state index contributed by atoms with van der Waals surface area (Å²) in [5, 5.41) is 20.4. The van der Waals surface area contributed by atoms with Gasteiger partial charge in [-0.15, -0.1) is 0 Å². The van der Waals surface area contributed by atoms with Gasteiger partial charge in [0.2, 0.25) is 6.20 Å². The molecule has 0 aliphatic carbocycles. The van der Waals surface area contributed by atoms with Crippen molar-refractivity contribution >= 4 is 11.8 Å². The summed E-state index contributed by atoms with van der Waals surface area (Å²) in [6, 6.07) is 1.18. The Morgan fingerprint density at radius 2 is 2.07 bits per heavy atom. The van der Waals surface area contributed by atoms with Crippen LogP contribution in [0.4, 0.5) is 5.69 Å². The van der Waals surface area contributed by atoms with Crippen LogP contribution in [0, 0.1) is 20.2 Å². The Bertz CT molecular complexity index is 402. The molecule has 1 aromatic heterocycles. The SMILES string of the molecule is O=[N+]([O-])C=Cc1cnccc1[N+](=O)[O-]. The number of hydrogen-bond acceptors (Lipinski definition) is 5. The Morgan fingerprint density at radius 1 is 1.36 bits per heavy atom. The Labute approximate surface area is 78.0 Å². The van der Waals surface area contributed by atoms with E-state index in [-0.39, 0.29) is 11.3 Å². The molecule has 0 bridgehead atoms. The Morgan fingerprint density at radius 3 is 2.64 bits per heavy atom. The van der Waals surface area contributed by atoms with Crippen molar-refractivity contribution in [1.29, 1.82) is 0 Å². The van der Waals surface area contributed by atoms with Gasteiger partial charge in [-0.1, -0.05) is 0 Å². The largest absolute Gasteiger partial charge is 0.279 e. The highest BCUT2D eigenvalue weighted by atomic mass is 16.6. The van der Waals surface area contributed by atoms with Gasteiger partial charge >= 0.3 is 0 Å². The van der Waals surface area contributed by atoms with E-state index in [2.05, 4.69) is 4.98 Å². The van der Waals surface area contributed by atoms with Crippen LogP contribution in [0.2, 0.25) is 0 Å². The normalized spacial score (nSPS) is 10.3. The molecular weight excluding hydrogens is 190 g/mol. The van der Waals surface area contributed by atoms with Gasteiger partial charge in [0.25, 0.3) is 5.69 Å². The predicted molar refractivity (Wildman–Crippen MR) is 46.9 cm³/mol. The van der Waals surface area contributed by atoms with Gasteiger partial charge in [0.1, 0.15) is 0 Å². The zero-order chi connectivity index (χ0) is 10.6. The maximum absolute atomic E-state index is 10.4. The molecule has 1 aromatic rings. The number of pyridine rings is 1. The summed E-state index contributed by atoms with van der Waals surface area (Å²) < 4.78 is 0. The van der Waals surface area contributed by atoms with Crippen molar-refractivity contribution in [1.82, 2.24) is 4.98 Å². The first-order valence-corrected chi connectivity index (χ1v) is 3.51. The molecule has 0 aliphatic rings.